The number of halogens is 1. The van der Waals surface area contributed by atoms with Crippen LogP contribution in [0.1, 0.15) is 13.3 Å². The zero-order valence-electron chi connectivity index (χ0n) is 9.97. The van der Waals surface area contributed by atoms with Crippen LogP contribution in [-0.4, -0.2) is 47.5 Å². The summed E-state index contributed by atoms with van der Waals surface area (Å²) >= 11 is 5.72. The fourth-order valence-corrected chi connectivity index (χ4v) is 4.10. The summed E-state index contributed by atoms with van der Waals surface area (Å²) in [6.07, 6.45) is 0.501. The van der Waals surface area contributed by atoms with Gasteiger partial charge in [0.15, 0.2) is 9.84 Å². The maximum atomic E-state index is 11.5. The van der Waals surface area contributed by atoms with Gasteiger partial charge < -0.3 is 10.1 Å². The Kier molecular flexibility index (Phi) is 3.33. The van der Waals surface area contributed by atoms with Crippen LogP contribution in [0.5, 0.6) is 6.01 Å². The van der Waals surface area contributed by atoms with E-state index < -0.39 is 15.4 Å². The Morgan fingerprint density at radius 2 is 2.11 bits per heavy atom. The number of sulfone groups is 1. The average Bonchev–Trinajstić information content (AvgIpc) is 2.51. The quantitative estimate of drug-likeness (QED) is 0.868. The van der Waals surface area contributed by atoms with Gasteiger partial charge in [0.1, 0.15) is 0 Å². The first-order chi connectivity index (χ1) is 8.32. The van der Waals surface area contributed by atoms with Crippen molar-refractivity contribution in [2.75, 3.05) is 23.9 Å². The molecule has 0 aliphatic carbocycles. The first-order valence-corrected chi connectivity index (χ1v) is 7.46. The first-order valence-electron chi connectivity index (χ1n) is 5.26. The summed E-state index contributed by atoms with van der Waals surface area (Å²) in [6.45, 7) is 1.81. The number of hydrogen-bond donors (Lipinski definition) is 1. The van der Waals surface area contributed by atoms with Gasteiger partial charge in [-0.3, -0.25) is 0 Å². The second-order valence-corrected chi connectivity index (χ2v) is 6.96. The van der Waals surface area contributed by atoms with Crippen LogP contribution in [0.4, 0.5) is 5.95 Å². The van der Waals surface area contributed by atoms with E-state index in [1.54, 1.807) is 0 Å². The predicted molar refractivity (Wildman–Crippen MR) is 66.7 cm³/mol. The van der Waals surface area contributed by atoms with Crippen LogP contribution in [0.3, 0.4) is 0 Å². The van der Waals surface area contributed by atoms with Crippen molar-refractivity contribution in [2.45, 2.75) is 18.9 Å². The Morgan fingerprint density at radius 1 is 1.39 bits per heavy atom. The van der Waals surface area contributed by atoms with Crippen molar-refractivity contribution in [3.8, 4) is 6.01 Å². The van der Waals surface area contributed by atoms with E-state index in [2.05, 4.69) is 20.3 Å². The minimum Gasteiger partial charge on any atom is -0.467 e. The Hall–Kier alpha value is -1.15. The molecule has 2 rings (SSSR count). The zero-order chi connectivity index (χ0) is 13.4. The maximum Gasteiger partial charge on any atom is 0.322 e. The Balaban J connectivity index is 2.22. The van der Waals surface area contributed by atoms with Gasteiger partial charge in [-0.1, -0.05) is 0 Å². The van der Waals surface area contributed by atoms with Gasteiger partial charge in [0.25, 0.3) is 0 Å². The normalized spacial score (nSPS) is 25.9. The third-order valence-corrected chi connectivity index (χ3v) is 4.76. The molecule has 1 aromatic heterocycles. The number of nitrogens with zero attached hydrogens (tertiary/aromatic N) is 3. The standard InChI is InChI=1S/C9H13ClN4O3S/c1-9(3-4-18(15,16)5-9)14-7-11-6(10)12-8(13-7)17-2/h3-5H2,1-2H3,(H,11,12,13,14). The lowest BCUT2D eigenvalue weighted by atomic mass is 10.0. The number of rotatable bonds is 3. The number of anilines is 1. The first kappa shape index (κ1) is 13.3. The highest BCUT2D eigenvalue weighted by Gasteiger charge is 2.39. The van der Waals surface area contributed by atoms with Crippen molar-refractivity contribution < 1.29 is 13.2 Å². The average molecular weight is 293 g/mol. The van der Waals surface area contributed by atoms with Crippen LogP contribution in [0.15, 0.2) is 0 Å². The maximum absolute atomic E-state index is 11.5. The van der Waals surface area contributed by atoms with Crippen molar-refractivity contribution in [2.24, 2.45) is 0 Å². The summed E-state index contributed by atoms with van der Waals surface area (Å²) in [5.41, 5.74) is -0.589. The van der Waals surface area contributed by atoms with E-state index in [9.17, 15) is 8.42 Å². The lowest BCUT2D eigenvalue weighted by Crippen LogP contribution is -2.36. The van der Waals surface area contributed by atoms with Crippen molar-refractivity contribution in [3.05, 3.63) is 5.28 Å². The van der Waals surface area contributed by atoms with E-state index >= 15 is 0 Å². The van der Waals surface area contributed by atoms with Crippen molar-refractivity contribution in [1.82, 2.24) is 15.0 Å². The fourth-order valence-electron chi connectivity index (χ4n) is 1.86. The van der Waals surface area contributed by atoms with Crippen molar-refractivity contribution >= 4 is 27.4 Å². The number of aromatic nitrogens is 3. The molecule has 18 heavy (non-hydrogen) atoms. The van der Waals surface area contributed by atoms with Crippen LogP contribution in [0.2, 0.25) is 5.28 Å². The lowest BCUT2D eigenvalue weighted by Gasteiger charge is -2.23. The molecular weight excluding hydrogens is 280 g/mol. The van der Waals surface area contributed by atoms with Crippen LogP contribution in [-0.2, 0) is 9.84 Å². The molecule has 1 N–H and O–H groups in total. The number of hydrogen-bond acceptors (Lipinski definition) is 7. The Bertz CT molecular complexity index is 565. The second-order valence-electron chi connectivity index (χ2n) is 4.44. The molecule has 1 unspecified atom stereocenters. The van der Waals surface area contributed by atoms with Gasteiger partial charge in [-0.05, 0) is 24.9 Å². The van der Waals surface area contributed by atoms with Gasteiger partial charge in [0.05, 0.1) is 24.2 Å². The molecule has 9 heteroatoms. The van der Waals surface area contributed by atoms with Gasteiger partial charge in [0.2, 0.25) is 11.2 Å². The molecule has 0 spiro atoms. The smallest absolute Gasteiger partial charge is 0.322 e. The molecule has 0 aromatic carbocycles. The van der Waals surface area contributed by atoms with E-state index in [0.29, 0.717) is 6.42 Å². The van der Waals surface area contributed by atoms with E-state index in [1.807, 2.05) is 6.92 Å². The molecule has 1 aromatic rings. The second kappa shape index (κ2) is 4.51. The summed E-state index contributed by atoms with van der Waals surface area (Å²) in [5.74, 6) is 0.421. The van der Waals surface area contributed by atoms with Crippen LogP contribution in [0.25, 0.3) is 0 Å². The minimum atomic E-state index is -3.00. The summed E-state index contributed by atoms with van der Waals surface area (Å²) in [4.78, 5) is 11.6. The Labute approximate surface area is 110 Å². The van der Waals surface area contributed by atoms with Gasteiger partial charge in [0, 0.05) is 0 Å². The molecule has 1 saturated heterocycles. The number of methoxy groups -OCH3 is 1. The molecule has 0 bridgehead atoms. The Morgan fingerprint density at radius 3 is 2.67 bits per heavy atom. The number of nitrogens with one attached hydrogen (secondary N) is 1. The molecule has 1 fully saturated rings. The summed E-state index contributed by atoms with van der Waals surface area (Å²) in [6, 6.07) is 0.0851. The molecule has 7 nitrogen and oxygen atoms in total. The van der Waals surface area contributed by atoms with Crippen molar-refractivity contribution in [1.29, 1.82) is 0 Å². The number of ether oxygens (including phenoxy) is 1. The fraction of sp³-hybridized carbons (Fsp3) is 0.667. The lowest BCUT2D eigenvalue weighted by molar-refractivity contribution is 0.378. The topological polar surface area (TPSA) is 94.1 Å². The molecule has 1 aliphatic heterocycles. The molecule has 100 valence electrons. The van der Waals surface area contributed by atoms with Gasteiger partial charge in [-0.2, -0.15) is 15.0 Å². The SMILES string of the molecule is COc1nc(Cl)nc(NC2(C)CCS(=O)(=O)C2)n1. The monoisotopic (exact) mass is 292 g/mol. The third kappa shape index (κ3) is 2.99. The highest BCUT2D eigenvalue weighted by atomic mass is 35.5. The predicted octanol–water partition coefficient (Wildman–Crippen LogP) is 0.523. The highest BCUT2D eigenvalue weighted by molar-refractivity contribution is 7.91. The van der Waals surface area contributed by atoms with Crippen LogP contribution >= 0.6 is 11.6 Å². The zero-order valence-corrected chi connectivity index (χ0v) is 11.5. The van der Waals surface area contributed by atoms with Crippen molar-refractivity contribution in [3.63, 3.8) is 0 Å². The molecule has 1 aliphatic rings. The molecule has 2 heterocycles. The molecule has 0 amide bonds. The van der Waals surface area contributed by atoms with Gasteiger partial charge in [-0.15, -0.1) is 0 Å². The van der Waals surface area contributed by atoms with E-state index in [4.69, 9.17) is 16.3 Å². The van der Waals surface area contributed by atoms with E-state index in [1.165, 1.54) is 7.11 Å². The molecule has 0 saturated carbocycles. The molecule has 0 radical (unpaired) electrons. The van der Waals surface area contributed by atoms with E-state index in [-0.39, 0.29) is 28.7 Å². The summed E-state index contributed by atoms with van der Waals surface area (Å²) in [5, 5.41) is 2.98. The van der Waals surface area contributed by atoms with E-state index in [0.717, 1.165) is 0 Å². The van der Waals surface area contributed by atoms with Crippen LogP contribution < -0.4 is 10.1 Å². The largest absolute Gasteiger partial charge is 0.467 e. The van der Waals surface area contributed by atoms with Gasteiger partial charge >= 0.3 is 6.01 Å². The highest BCUT2D eigenvalue weighted by Crippen LogP contribution is 2.26. The van der Waals surface area contributed by atoms with Crippen LogP contribution in [0, 0.1) is 0 Å². The summed E-state index contributed by atoms with van der Waals surface area (Å²) < 4.78 is 27.8. The summed E-state index contributed by atoms with van der Waals surface area (Å²) in [7, 11) is -1.58. The minimum absolute atomic E-state index is 0.00574. The third-order valence-electron chi connectivity index (χ3n) is 2.69. The molecular formula is C9H13ClN4O3S. The molecule has 1 atom stereocenters. The van der Waals surface area contributed by atoms with Gasteiger partial charge in [-0.25, -0.2) is 8.42 Å².